The van der Waals surface area contributed by atoms with Gasteiger partial charge in [-0.1, -0.05) is 12.1 Å². The van der Waals surface area contributed by atoms with Crippen molar-refractivity contribution in [3.63, 3.8) is 0 Å². The molecule has 1 unspecified atom stereocenters. The predicted molar refractivity (Wildman–Crippen MR) is 85.6 cm³/mol. The Balaban J connectivity index is 1.55. The second-order valence-corrected chi connectivity index (χ2v) is 6.43. The third-order valence-corrected chi connectivity index (χ3v) is 4.71. The molecular weight excluding hydrogens is 262 g/mol. The van der Waals surface area contributed by atoms with E-state index in [0.29, 0.717) is 12.6 Å². The summed E-state index contributed by atoms with van der Waals surface area (Å²) in [6, 6.07) is 6.85. The SMILES string of the molecule is Cc1ccc(C)c(NC(=O)CN2CCN3CCCC3C2)c1. The van der Waals surface area contributed by atoms with E-state index in [4.69, 9.17) is 0 Å². The van der Waals surface area contributed by atoms with Crippen LogP contribution in [0.5, 0.6) is 0 Å². The first-order valence-corrected chi connectivity index (χ1v) is 7.95. The molecule has 0 bridgehead atoms. The lowest BCUT2D eigenvalue weighted by molar-refractivity contribution is -0.117. The smallest absolute Gasteiger partial charge is 0.238 e. The maximum atomic E-state index is 12.3. The Hall–Kier alpha value is -1.39. The van der Waals surface area contributed by atoms with E-state index < -0.39 is 0 Å². The molecule has 0 spiro atoms. The first kappa shape index (κ1) is 14.5. The van der Waals surface area contributed by atoms with E-state index in [9.17, 15) is 4.79 Å². The third kappa shape index (κ3) is 3.44. The molecule has 0 radical (unpaired) electrons. The fourth-order valence-corrected chi connectivity index (χ4v) is 3.46. The molecule has 1 aromatic rings. The first-order chi connectivity index (χ1) is 10.1. The van der Waals surface area contributed by atoms with Crippen molar-refractivity contribution >= 4 is 11.6 Å². The molecule has 3 rings (SSSR count). The van der Waals surface area contributed by atoms with Crippen LogP contribution in [-0.4, -0.2) is 54.5 Å². The number of fused-ring (bicyclic) bond motifs is 1. The molecule has 2 aliphatic rings. The van der Waals surface area contributed by atoms with Gasteiger partial charge in [-0.15, -0.1) is 0 Å². The number of nitrogens with zero attached hydrogens (tertiary/aromatic N) is 2. The number of aryl methyl sites for hydroxylation is 2. The Morgan fingerprint density at radius 3 is 3.00 bits per heavy atom. The number of carbonyl (C=O) groups excluding carboxylic acids is 1. The van der Waals surface area contributed by atoms with Gasteiger partial charge in [0.05, 0.1) is 6.54 Å². The van der Waals surface area contributed by atoms with E-state index in [1.54, 1.807) is 0 Å². The minimum atomic E-state index is 0.107. The number of hydrogen-bond acceptors (Lipinski definition) is 3. The molecule has 21 heavy (non-hydrogen) atoms. The van der Waals surface area contributed by atoms with E-state index in [0.717, 1.165) is 30.9 Å². The Bertz CT molecular complexity index is 529. The number of carbonyl (C=O) groups is 1. The Morgan fingerprint density at radius 1 is 1.29 bits per heavy atom. The summed E-state index contributed by atoms with van der Waals surface area (Å²) in [7, 11) is 0. The molecule has 1 N–H and O–H groups in total. The summed E-state index contributed by atoms with van der Waals surface area (Å²) in [6.07, 6.45) is 2.60. The summed E-state index contributed by atoms with van der Waals surface area (Å²) in [6.45, 7) is 9.00. The maximum Gasteiger partial charge on any atom is 0.238 e. The number of piperazine rings is 1. The van der Waals surface area contributed by atoms with Gasteiger partial charge >= 0.3 is 0 Å². The summed E-state index contributed by atoms with van der Waals surface area (Å²) < 4.78 is 0. The Kier molecular flexibility index (Phi) is 4.27. The van der Waals surface area contributed by atoms with Gasteiger partial charge in [-0.3, -0.25) is 14.6 Å². The molecule has 2 fully saturated rings. The van der Waals surface area contributed by atoms with Crippen LogP contribution >= 0.6 is 0 Å². The van der Waals surface area contributed by atoms with E-state index in [2.05, 4.69) is 34.2 Å². The molecule has 1 atom stereocenters. The minimum absolute atomic E-state index is 0.107. The van der Waals surface area contributed by atoms with Crippen LogP contribution < -0.4 is 5.32 Å². The van der Waals surface area contributed by atoms with Crippen LogP contribution in [0.15, 0.2) is 18.2 Å². The normalized spacial score (nSPS) is 23.0. The molecule has 4 heteroatoms. The van der Waals surface area contributed by atoms with Crippen LogP contribution in [0, 0.1) is 13.8 Å². The second kappa shape index (κ2) is 6.16. The van der Waals surface area contributed by atoms with E-state index in [1.807, 2.05) is 13.0 Å². The predicted octanol–water partition coefficient (Wildman–Crippen LogP) is 2.02. The highest BCUT2D eigenvalue weighted by atomic mass is 16.2. The number of hydrogen-bond donors (Lipinski definition) is 1. The van der Waals surface area contributed by atoms with Gasteiger partial charge in [0.25, 0.3) is 0 Å². The topological polar surface area (TPSA) is 35.6 Å². The van der Waals surface area contributed by atoms with Crippen molar-refractivity contribution in [2.24, 2.45) is 0 Å². The molecule has 2 saturated heterocycles. The van der Waals surface area contributed by atoms with Crippen molar-refractivity contribution in [2.75, 3.05) is 38.0 Å². The monoisotopic (exact) mass is 287 g/mol. The van der Waals surface area contributed by atoms with Gasteiger partial charge in [-0.05, 0) is 50.4 Å². The molecular formula is C17H25N3O. The second-order valence-electron chi connectivity index (χ2n) is 6.43. The van der Waals surface area contributed by atoms with Gasteiger partial charge < -0.3 is 5.32 Å². The van der Waals surface area contributed by atoms with Gasteiger partial charge in [0.1, 0.15) is 0 Å². The summed E-state index contributed by atoms with van der Waals surface area (Å²) in [5.41, 5.74) is 3.24. The van der Waals surface area contributed by atoms with Gasteiger partial charge in [-0.25, -0.2) is 0 Å². The highest BCUT2D eigenvalue weighted by molar-refractivity contribution is 5.93. The van der Waals surface area contributed by atoms with Crippen LogP contribution in [0.3, 0.4) is 0 Å². The van der Waals surface area contributed by atoms with Crippen molar-refractivity contribution in [3.05, 3.63) is 29.3 Å². The molecule has 0 aromatic heterocycles. The highest BCUT2D eigenvalue weighted by Gasteiger charge is 2.31. The van der Waals surface area contributed by atoms with Crippen molar-refractivity contribution in [1.29, 1.82) is 0 Å². The van der Waals surface area contributed by atoms with E-state index in [1.165, 1.54) is 24.9 Å². The number of benzene rings is 1. The van der Waals surface area contributed by atoms with Gasteiger partial charge in [0.2, 0.25) is 5.91 Å². The van der Waals surface area contributed by atoms with Crippen molar-refractivity contribution in [3.8, 4) is 0 Å². The van der Waals surface area contributed by atoms with Crippen LogP contribution in [-0.2, 0) is 4.79 Å². The molecule has 2 heterocycles. The quantitative estimate of drug-likeness (QED) is 0.924. The lowest BCUT2D eigenvalue weighted by atomic mass is 10.1. The van der Waals surface area contributed by atoms with Crippen LogP contribution in [0.4, 0.5) is 5.69 Å². The van der Waals surface area contributed by atoms with Crippen molar-refractivity contribution < 1.29 is 4.79 Å². The zero-order valence-electron chi connectivity index (χ0n) is 13.1. The van der Waals surface area contributed by atoms with Crippen LogP contribution in [0.1, 0.15) is 24.0 Å². The van der Waals surface area contributed by atoms with Crippen LogP contribution in [0.2, 0.25) is 0 Å². The van der Waals surface area contributed by atoms with Crippen molar-refractivity contribution in [2.45, 2.75) is 32.7 Å². The van der Waals surface area contributed by atoms with Gasteiger partial charge in [0.15, 0.2) is 0 Å². The molecule has 0 saturated carbocycles. The number of rotatable bonds is 3. The first-order valence-electron chi connectivity index (χ1n) is 7.95. The number of nitrogens with one attached hydrogen (secondary N) is 1. The van der Waals surface area contributed by atoms with Crippen molar-refractivity contribution in [1.82, 2.24) is 9.80 Å². The zero-order chi connectivity index (χ0) is 14.8. The average Bonchev–Trinajstić information content (AvgIpc) is 2.90. The minimum Gasteiger partial charge on any atom is -0.325 e. The lowest BCUT2D eigenvalue weighted by Gasteiger charge is -2.37. The summed E-state index contributed by atoms with van der Waals surface area (Å²) in [5.74, 6) is 0.107. The van der Waals surface area contributed by atoms with E-state index >= 15 is 0 Å². The average molecular weight is 287 g/mol. The largest absolute Gasteiger partial charge is 0.325 e. The summed E-state index contributed by atoms with van der Waals surface area (Å²) in [4.78, 5) is 17.1. The molecule has 4 nitrogen and oxygen atoms in total. The fourth-order valence-electron chi connectivity index (χ4n) is 3.46. The highest BCUT2D eigenvalue weighted by Crippen LogP contribution is 2.21. The molecule has 2 aliphatic heterocycles. The summed E-state index contributed by atoms with van der Waals surface area (Å²) >= 11 is 0. The number of anilines is 1. The Labute approximate surface area is 127 Å². The molecule has 1 aromatic carbocycles. The standard InChI is InChI=1S/C17H25N3O/c1-13-5-6-14(2)16(10-13)18-17(21)12-19-8-9-20-7-3-4-15(20)11-19/h5-6,10,15H,3-4,7-9,11-12H2,1-2H3,(H,18,21). The molecule has 0 aliphatic carbocycles. The molecule has 114 valence electrons. The third-order valence-electron chi connectivity index (χ3n) is 4.71. The molecule has 1 amide bonds. The zero-order valence-corrected chi connectivity index (χ0v) is 13.1. The van der Waals surface area contributed by atoms with Gasteiger partial charge in [0, 0.05) is 31.4 Å². The fraction of sp³-hybridized carbons (Fsp3) is 0.588. The Morgan fingerprint density at radius 2 is 2.14 bits per heavy atom. The lowest BCUT2D eigenvalue weighted by Crippen LogP contribution is -2.51. The maximum absolute atomic E-state index is 12.3. The summed E-state index contributed by atoms with van der Waals surface area (Å²) in [5, 5.41) is 3.06. The van der Waals surface area contributed by atoms with Crippen LogP contribution in [0.25, 0.3) is 0 Å². The number of amides is 1. The van der Waals surface area contributed by atoms with E-state index in [-0.39, 0.29) is 5.91 Å². The van der Waals surface area contributed by atoms with Gasteiger partial charge in [-0.2, -0.15) is 0 Å².